The van der Waals surface area contributed by atoms with Gasteiger partial charge in [0.1, 0.15) is 0 Å². The molecule has 1 aromatic carbocycles. The number of benzene rings is 1. The van der Waals surface area contributed by atoms with Crippen molar-refractivity contribution in [3.05, 3.63) is 40.7 Å². The van der Waals surface area contributed by atoms with Crippen molar-refractivity contribution in [1.82, 2.24) is 4.98 Å². The van der Waals surface area contributed by atoms with E-state index in [9.17, 15) is 10.1 Å². The van der Waals surface area contributed by atoms with Gasteiger partial charge in [-0.25, -0.2) is 0 Å². The van der Waals surface area contributed by atoms with Crippen LogP contribution in [0.25, 0.3) is 10.8 Å². The normalized spacial score (nSPS) is 12.5. The molecule has 0 amide bonds. The molecule has 0 aliphatic heterocycles. The van der Waals surface area contributed by atoms with Crippen LogP contribution in [0.4, 0.5) is 5.69 Å². The summed E-state index contributed by atoms with van der Waals surface area (Å²) in [5.41, 5.74) is 0.117. The molecule has 2 aromatic rings. The van der Waals surface area contributed by atoms with Gasteiger partial charge >= 0.3 is 0 Å². The molecule has 1 atom stereocenters. The fourth-order valence-electron chi connectivity index (χ4n) is 1.84. The standard InChI is InChI=1S/C13H13ClN2O2S/c1-9(4-6-14)19-13-3-2-12(16(17)18)10-5-7-15-8-11(10)13/h2-3,5,7-9H,4,6H2,1H3. The molecule has 0 saturated heterocycles. The smallest absolute Gasteiger partial charge is 0.264 e. The molecule has 1 unspecified atom stereocenters. The van der Waals surface area contributed by atoms with E-state index in [2.05, 4.69) is 11.9 Å². The Morgan fingerprint density at radius 3 is 2.89 bits per heavy atom. The van der Waals surface area contributed by atoms with Crippen molar-refractivity contribution >= 4 is 39.8 Å². The summed E-state index contributed by atoms with van der Waals surface area (Å²) < 4.78 is 0. The third-order valence-corrected chi connectivity index (χ3v) is 4.26. The van der Waals surface area contributed by atoms with E-state index >= 15 is 0 Å². The van der Waals surface area contributed by atoms with Gasteiger partial charge in [-0.2, -0.15) is 0 Å². The zero-order valence-electron chi connectivity index (χ0n) is 10.4. The zero-order valence-corrected chi connectivity index (χ0v) is 11.9. The summed E-state index contributed by atoms with van der Waals surface area (Å²) in [5, 5.41) is 12.8. The van der Waals surface area contributed by atoms with Crippen molar-refractivity contribution in [2.24, 2.45) is 0 Å². The Balaban J connectivity index is 2.46. The van der Waals surface area contributed by atoms with Crippen LogP contribution in [0.3, 0.4) is 0 Å². The third-order valence-electron chi connectivity index (χ3n) is 2.80. The molecule has 6 heteroatoms. The van der Waals surface area contributed by atoms with E-state index in [0.717, 1.165) is 16.7 Å². The van der Waals surface area contributed by atoms with Crippen LogP contribution in [0, 0.1) is 10.1 Å². The highest BCUT2D eigenvalue weighted by Crippen LogP contribution is 2.35. The predicted molar refractivity (Wildman–Crippen MR) is 79.1 cm³/mol. The van der Waals surface area contributed by atoms with E-state index in [1.165, 1.54) is 0 Å². The minimum atomic E-state index is -0.362. The van der Waals surface area contributed by atoms with Gasteiger partial charge in [0.25, 0.3) is 5.69 Å². The first-order valence-corrected chi connectivity index (χ1v) is 7.28. The number of nitro benzene ring substituents is 1. The number of hydrogen-bond donors (Lipinski definition) is 0. The molecule has 100 valence electrons. The molecule has 4 nitrogen and oxygen atoms in total. The number of non-ortho nitro benzene ring substituents is 1. The number of halogens is 1. The summed E-state index contributed by atoms with van der Waals surface area (Å²) in [6.07, 6.45) is 4.15. The maximum atomic E-state index is 11.0. The molecule has 0 aliphatic rings. The first-order chi connectivity index (χ1) is 9.13. The largest absolute Gasteiger partial charge is 0.277 e. The van der Waals surface area contributed by atoms with Crippen molar-refractivity contribution in [1.29, 1.82) is 0 Å². The second kappa shape index (κ2) is 6.21. The Morgan fingerprint density at radius 2 is 2.21 bits per heavy atom. The van der Waals surface area contributed by atoms with Gasteiger partial charge in [0.05, 0.1) is 10.3 Å². The van der Waals surface area contributed by atoms with E-state index in [1.807, 2.05) is 0 Å². The van der Waals surface area contributed by atoms with Crippen LogP contribution in [-0.2, 0) is 0 Å². The van der Waals surface area contributed by atoms with Crippen molar-refractivity contribution in [2.45, 2.75) is 23.5 Å². The molecular formula is C13H13ClN2O2S. The molecular weight excluding hydrogens is 284 g/mol. The van der Waals surface area contributed by atoms with Gasteiger partial charge < -0.3 is 0 Å². The number of pyridine rings is 1. The molecule has 1 aromatic heterocycles. The summed E-state index contributed by atoms with van der Waals surface area (Å²) in [5.74, 6) is 0.608. The number of nitro groups is 1. The van der Waals surface area contributed by atoms with Crippen LogP contribution >= 0.6 is 23.4 Å². The lowest BCUT2D eigenvalue weighted by atomic mass is 10.1. The summed E-state index contributed by atoms with van der Waals surface area (Å²) >= 11 is 7.40. The van der Waals surface area contributed by atoms with E-state index < -0.39 is 0 Å². The predicted octanol–water partition coefficient (Wildman–Crippen LogP) is 4.25. The number of aromatic nitrogens is 1. The zero-order chi connectivity index (χ0) is 13.8. The summed E-state index contributed by atoms with van der Waals surface area (Å²) in [6, 6.07) is 5.03. The van der Waals surface area contributed by atoms with Crippen molar-refractivity contribution < 1.29 is 4.92 Å². The lowest BCUT2D eigenvalue weighted by Gasteiger charge is -2.11. The van der Waals surface area contributed by atoms with Crippen LogP contribution in [-0.4, -0.2) is 21.0 Å². The van der Waals surface area contributed by atoms with Gasteiger partial charge in [0.15, 0.2) is 0 Å². The van der Waals surface area contributed by atoms with Crippen LogP contribution in [0.5, 0.6) is 0 Å². The molecule has 0 fully saturated rings. The van der Waals surface area contributed by atoms with Gasteiger partial charge in [-0.05, 0) is 18.6 Å². The monoisotopic (exact) mass is 296 g/mol. The molecule has 0 aliphatic carbocycles. The van der Waals surface area contributed by atoms with E-state index in [1.54, 1.807) is 42.4 Å². The molecule has 0 saturated carbocycles. The number of thioether (sulfide) groups is 1. The fourth-order valence-corrected chi connectivity index (χ4v) is 3.40. The maximum absolute atomic E-state index is 11.0. The quantitative estimate of drug-likeness (QED) is 0.358. The lowest BCUT2D eigenvalue weighted by molar-refractivity contribution is -0.383. The second-order valence-corrected chi connectivity index (χ2v) is 6.03. The molecule has 19 heavy (non-hydrogen) atoms. The minimum absolute atomic E-state index is 0.117. The van der Waals surface area contributed by atoms with Gasteiger partial charge in [-0.1, -0.05) is 6.92 Å². The van der Waals surface area contributed by atoms with E-state index in [-0.39, 0.29) is 10.6 Å². The average molecular weight is 297 g/mol. The summed E-state index contributed by atoms with van der Waals surface area (Å²) in [4.78, 5) is 15.7. The van der Waals surface area contributed by atoms with Crippen LogP contribution < -0.4 is 0 Å². The number of fused-ring (bicyclic) bond motifs is 1. The molecule has 1 heterocycles. The Bertz CT molecular complexity index is 606. The lowest BCUT2D eigenvalue weighted by Crippen LogP contribution is -1.97. The summed E-state index contributed by atoms with van der Waals surface area (Å²) in [7, 11) is 0. The Kier molecular flexibility index (Phi) is 4.61. The first-order valence-electron chi connectivity index (χ1n) is 5.87. The Labute approximate surface area is 120 Å². The van der Waals surface area contributed by atoms with Crippen molar-refractivity contribution in [2.75, 3.05) is 5.88 Å². The number of nitrogens with zero attached hydrogens (tertiary/aromatic N) is 2. The third kappa shape index (κ3) is 3.16. The Morgan fingerprint density at radius 1 is 1.42 bits per heavy atom. The fraction of sp³-hybridized carbons (Fsp3) is 0.308. The van der Waals surface area contributed by atoms with Crippen LogP contribution in [0.1, 0.15) is 13.3 Å². The highest BCUT2D eigenvalue weighted by atomic mass is 35.5. The minimum Gasteiger partial charge on any atom is -0.264 e. The van der Waals surface area contributed by atoms with E-state index in [4.69, 9.17) is 11.6 Å². The van der Waals surface area contributed by atoms with Crippen LogP contribution in [0.15, 0.2) is 35.5 Å². The topological polar surface area (TPSA) is 56.0 Å². The van der Waals surface area contributed by atoms with Gasteiger partial charge in [-0.15, -0.1) is 23.4 Å². The summed E-state index contributed by atoms with van der Waals surface area (Å²) in [6.45, 7) is 2.09. The van der Waals surface area contributed by atoms with Gasteiger partial charge in [0, 0.05) is 39.9 Å². The number of alkyl halides is 1. The molecule has 2 rings (SSSR count). The SMILES string of the molecule is CC(CCCl)Sc1ccc([N+](=O)[O-])c2ccncc12. The van der Waals surface area contributed by atoms with Gasteiger partial charge in [0.2, 0.25) is 0 Å². The average Bonchev–Trinajstić information content (AvgIpc) is 2.39. The molecule has 0 N–H and O–H groups in total. The molecule has 0 radical (unpaired) electrons. The second-order valence-electron chi connectivity index (χ2n) is 4.17. The highest BCUT2D eigenvalue weighted by Gasteiger charge is 2.15. The number of rotatable bonds is 5. The maximum Gasteiger partial charge on any atom is 0.277 e. The molecule has 0 bridgehead atoms. The van der Waals surface area contributed by atoms with Crippen molar-refractivity contribution in [3.63, 3.8) is 0 Å². The molecule has 0 spiro atoms. The van der Waals surface area contributed by atoms with Crippen molar-refractivity contribution in [3.8, 4) is 0 Å². The van der Waals surface area contributed by atoms with Crippen LogP contribution in [0.2, 0.25) is 0 Å². The van der Waals surface area contributed by atoms with E-state index in [0.29, 0.717) is 16.5 Å². The van der Waals surface area contributed by atoms with Gasteiger partial charge in [-0.3, -0.25) is 15.1 Å². The Hall–Kier alpha value is -1.33. The first kappa shape index (κ1) is 14.1. The number of hydrogen-bond acceptors (Lipinski definition) is 4. The highest BCUT2D eigenvalue weighted by molar-refractivity contribution is 8.00.